The quantitative estimate of drug-likeness (QED) is 0.779. The van der Waals surface area contributed by atoms with Crippen LogP contribution in [0.5, 0.6) is 0 Å². The molecular weight excluding hydrogens is 205 g/mol. The number of halogens is 2. The summed E-state index contributed by atoms with van der Waals surface area (Å²) in [5.74, 6) is -0.199. The summed E-state index contributed by atoms with van der Waals surface area (Å²) in [6.07, 6.45) is 0.787. The first kappa shape index (κ1) is 9.90. The summed E-state index contributed by atoms with van der Waals surface area (Å²) in [7, 11) is 0. The van der Waals surface area contributed by atoms with Crippen molar-refractivity contribution in [3.63, 3.8) is 0 Å². The summed E-state index contributed by atoms with van der Waals surface area (Å²) in [5.41, 5.74) is 0.644. The zero-order chi connectivity index (χ0) is 10.1. The first-order chi connectivity index (χ1) is 6.66. The molecule has 1 unspecified atom stereocenters. The van der Waals surface area contributed by atoms with Crippen molar-refractivity contribution in [3.05, 3.63) is 34.6 Å². The molecule has 2 nitrogen and oxygen atoms in total. The molecule has 2 rings (SSSR count). The van der Waals surface area contributed by atoms with Crippen LogP contribution in [0.3, 0.4) is 0 Å². The maximum absolute atomic E-state index is 13.4. The highest BCUT2D eigenvalue weighted by molar-refractivity contribution is 6.30. The molecular formula is C10H11ClFNO. The van der Waals surface area contributed by atoms with Gasteiger partial charge in [-0.25, -0.2) is 4.39 Å². The molecule has 0 saturated carbocycles. The Hall–Kier alpha value is -0.640. The van der Waals surface area contributed by atoms with Crippen LogP contribution in [-0.2, 0) is 0 Å². The summed E-state index contributed by atoms with van der Waals surface area (Å²) < 4.78 is 13.4. The Balaban J connectivity index is 2.24. The van der Waals surface area contributed by atoms with Crippen LogP contribution in [-0.4, -0.2) is 23.4 Å². The molecule has 1 aromatic rings. The van der Waals surface area contributed by atoms with Gasteiger partial charge in [0.05, 0.1) is 0 Å². The molecule has 0 amide bonds. The lowest BCUT2D eigenvalue weighted by Crippen LogP contribution is -2.14. The lowest BCUT2D eigenvalue weighted by molar-refractivity contribution is -0.0692. The minimum absolute atomic E-state index is 0.0808. The van der Waals surface area contributed by atoms with Gasteiger partial charge in [-0.15, -0.1) is 0 Å². The van der Waals surface area contributed by atoms with Gasteiger partial charge < -0.3 is 5.21 Å². The van der Waals surface area contributed by atoms with Crippen LogP contribution in [0.25, 0.3) is 0 Å². The van der Waals surface area contributed by atoms with Crippen molar-refractivity contribution >= 4 is 11.6 Å². The molecule has 0 aromatic heterocycles. The Kier molecular flexibility index (Phi) is 2.72. The highest BCUT2D eigenvalue weighted by atomic mass is 35.5. The second-order valence-electron chi connectivity index (χ2n) is 3.56. The zero-order valence-electron chi connectivity index (χ0n) is 7.58. The molecule has 76 valence electrons. The van der Waals surface area contributed by atoms with Crippen LogP contribution in [0.1, 0.15) is 17.9 Å². The average Bonchev–Trinajstić information content (AvgIpc) is 2.51. The van der Waals surface area contributed by atoms with E-state index < -0.39 is 0 Å². The molecule has 0 bridgehead atoms. The molecule has 1 N–H and O–H groups in total. The highest BCUT2D eigenvalue weighted by Crippen LogP contribution is 2.29. The SMILES string of the molecule is ON1CCC(c2ccc(Cl)cc2F)C1. The standard InChI is InChI=1S/C10H11ClFNO/c11-8-1-2-9(10(12)5-8)7-3-4-13(14)6-7/h1-2,5,7,14H,3-4,6H2. The molecule has 0 radical (unpaired) electrons. The van der Waals surface area contributed by atoms with Crippen LogP contribution in [0.2, 0.25) is 5.02 Å². The van der Waals surface area contributed by atoms with Gasteiger partial charge in [-0.3, -0.25) is 0 Å². The van der Waals surface area contributed by atoms with E-state index in [-0.39, 0.29) is 11.7 Å². The monoisotopic (exact) mass is 215 g/mol. The molecule has 1 aliphatic heterocycles. The molecule has 14 heavy (non-hydrogen) atoms. The molecule has 1 aliphatic rings. The van der Waals surface area contributed by atoms with Crippen LogP contribution in [0.4, 0.5) is 4.39 Å². The molecule has 0 spiro atoms. The van der Waals surface area contributed by atoms with E-state index in [2.05, 4.69) is 0 Å². The topological polar surface area (TPSA) is 23.5 Å². The third kappa shape index (κ3) is 1.90. The fourth-order valence-electron chi connectivity index (χ4n) is 1.83. The first-order valence-electron chi connectivity index (χ1n) is 4.55. The molecule has 1 fully saturated rings. The highest BCUT2D eigenvalue weighted by Gasteiger charge is 2.24. The average molecular weight is 216 g/mol. The molecule has 4 heteroatoms. The van der Waals surface area contributed by atoms with Gasteiger partial charge in [-0.2, -0.15) is 5.06 Å². The van der Waals surface area contributed by atoms with Crippen LogP contribution < -0.4 is 0 Å². The van der Waals surface area contributed by atoms with E-state index >= 15 is 0 Å². The Labute approximate surface area is 86.9 Å². The Bertz CT molecular complexity index is 345. The number of rotatable bonds is 1. The summed E-state index contributed by atoms with van der Waals surface area (Å²) in [5, 5.41) is 10.8. The predicted molar refractivity (Wildman–Crippen MR) is 52.1 cm³/mol. The van der Waals surface area contributed by atoms with Crippen LogP contribution in [0.15, 0.2) is 18.2 Å². The molecule has 1 saturated heterocycles. The Morgan fingerprint density at radius 3 is 2.86 bits per heavy atom. The summed E-state index contributed by atoms with van der Waals surface area (Å²) >= 11 is 5.65. The second kappa shape index (κ2) is 3.85. The third-order valence-corrected chi connectivity index (χ3v) is 2.80. The number of hydroxylamine groups is 2. The van der Waals surface area contributed by atoms with Crippen LogP contribution >= 0.6 is 11.6 Å². The number of hydrogen-bond acceptors (Lipinski definition) is 2. The van der Waals surface area contributed by atoms with E-state index in [1.165, 1.54) is 11.1 Å². The maximum Gasteiger partial charge on any atom is 0.128 e. The zero-order valence-corrected chi connectivity index (χ0v) is 8.34. The first-order valence-corrected chi connectivity index (χ1v) is 4.93. The Morgan fingerprint density at radius 1 is 1.50 bits per heavy atom. The van der Waals surface area contributed by atoms with Gasteiger partial charge >= 0.3 is 0 Å². The van der Waals surface area contributed by atoms with Gasteiger partial charge in [0.1, 0.15) is 5.82 Å². The summed E-state index contributed by atoms with van der Waals surface area (Å²) in [6, 6.07) is 4.69. The fraction of sp³-hybridized carbons (Fsp3) is 0.400. The lowest BCUT2D eigenvalue weighted by Gasteiger charge is -2.10. The van der Waals surface area contributed by atoms with Gasteiger partial charge in [0.2, 0.25) is 0 Å². The summed E-state index contributed by atoms with van der Waals surface area (Å²) in [6.45, 7) is 1.10. The van der Waals surface area contributed by atoms with E-state index in [1.54, 1.807) is 12.1 Å². The van der Waals surface area contributed by atoms with Crippen molar-refractivity contribution < 1.29 is 9.60 Å². The van der Waals surface area contributed by atoms with E-state index in [4.69, 9.17) is 11.6 Å². The maximum atomic E-state index is 13.4. The second-order valence-corrected chi connectivity index (χ2v) is 4.00. The smallest absolute Gasteiger partial charge is 0.128 e. The van der Waals surface area contributed by atoms with Gasteiger partial charge in [0, 0.05) is 24.0 Å². The molecule has 1 atom stereocenters. The number of hydrogen-bond donors (Lipinski definition) is 1. The van der Waals surface area contributed by atoms with Gasteiger partial charge in [-0.05, 0) is 24.1 Å². The normalized spacial score (nSPS) is 22.9. The van der Waals surface area contributed by atoms with Crippen molar-refractivity contribution in [2.24, 2.45) is 0 Å². The van der Waals surface area contributed by atoms with E-state index in [0.29, 0.717) is 23.7 Å². The Morgan fingerprint density at radius 2 is 2.29 bits per heavy atom. The minimum Gasteiger partial charge on any atom is -0.314 e. The van der Waals surface area contributed by atoms with Crippen molar-refractivity contribution in [2.45, 2.75) is 12.3 Å². The summed E-state index contributed by atoms with van der Waals surface area (Å²) in [4.78, 5) is 0. The van der Waals surface area contributed by atoms with Crippen molar-refractivity contribution in [1.29, 1.82) is 0 Å². The van der Waals surface area contributed by atoms with Gasteiger partial charge in [0.15, 0.2) is 0 Å². The molecule has 1 heterocycles. The van der Waals surface area contributed by atoms with Crippen LogP contribution in [0, 0.1) is 5.82 Å². The number of nitrogens with zero attached hydrogens (tertiary/aromatic N) is 1. The predicted octanol–water partition coefficient (Wildman–Crippen LogP) is 2.66. The van der Waals surface area contributed by atoms with Crippen molar-refractivity contribution in [2.75, 3.05) is 13.1 Å². The van der Waals surface area contributed by atoms with Crippen molar-refractivity contribution in [1.82, 2.24) is 5.06 Å². The fourth-order valence-corrected chi connectivity index (χ4v) is 1.99. The lowest BCUT2D eigenvalue weighted by atomic mass is 9.98. The van der Waals surface area contributed by atoms with E-state index in [1.807, 2.05) is 0 Å². The largest absolute Gasteiger partial charge is 0.314 e. The van der Waals surface area contributed by atoms with Gasteiger partial charge in [-0.1, -0.05) is 17.7 Å². The third-order valence-electron chi connectivity index (χ3n) is 2.57. The van der Waals surface area contributed by atoms with Crippen molar-refractivity contribution in [3.8, 4) is 0 Å². The van der Waals surface area contributed by atoms with E-state index in [0.717, 1.165) is 6.42 Å². The number of benzene rings is 1. The van der Waals surface area contributed by atoms with Gasteiger partial charge in [0.25, 0.3) is 0 Å². The molecule has 0 aliphatic carbocycles. The van der Waals surface area contributed by atoms with E-state index in [9.17, 15) is 9.60 Å². The molecule has 1 aromatic carbocycles. The minimum atomic E-state index is -0.280.